The van der Waals surface area contributed by atoms with Crippen molar-refractivity contribution < 1.29 is 14.7 Å². The van der Waals surface area contributed by atoms with Crippen molar-refractivity contribution in [3.05, 3.63) is 47.7 Å². The number of amides is 2. The summed E-state index contributed by atoms with van der Waals surface area (Å²) < 4.78 is 0. The largest absolute Gasteiger partial charge is 0.508 e. The van der Waals surface area contributed by atoms with Crippen LogP contribution >= 0.6 is 0 Å². The van der Waals surface area contributed by atoms with Gasteiger partial charge in [-0.1, -0.05) is 6.07 Å². The van der Waals surface area contributed by atoms with Crippen LogP contribution in [0.4, 0.5) is 0 Å². The van der Waals surface area contributed by atoms with E-state index in [0.717, 1.165) is 10.4 Å². The van der Waals surface area contributed by atoms with Gasteiger partial charge < -0.3 is 10.1 Å². The molecule has 6 heteroatoms. The van der Waals surface area contributed by atoms with Crippen LogP contribution in [0.25, 0.3) is 32.7 Å². The van der Waals surface area contributed by atoms with Crippen molar-refractivity contribution in [1.29, 1.82) is 0 Å². The molecule has 0 saturated carbocycles. The number of hydrogen-bond acceptors (Lipinski definition) is 4. The summed E-state index contributed by atoms with van der Waals surface area (Å²) in [6, 6.07) is 8.47. The molecule has 1 aliphatic heterocycles. The van der Waals surface area contributed by atoms with Gasteiger partial charge in [0.05, 0.1) is 22.2 Å². The second-order valence-corrected chi connectivity index (χ2v) is 5.92. The number of nitrogens with one attached hydrogen (secondary N) is 1. The number of hydrogen-bond donors (Lipinski definition) is 2. The number of nitrogens with zero attached hydrogens (tertiary/aromatic N) is 2. The van der Waals surface area contributed by atoms with Crippen LogP contribution in [-0.2, 0) is 0 Å². The zero-order chi connectivity index (χ0) is 16.6. The molecule has 2 aromatic heterocycles. The highest BCUT2D eigenvalue weighted by atomic mass is 16.3. The van der Waals surface area contributed by atoms with Crippen molar-refractivity contribution in [2.45, 2.75) is 0 Å². The number of phenolic OH excluding ortho intramolecular Hbond substituents is 1. The predicted octanol–water partition coefficient (Wildman–Crippen LogP) is 2.80. The molecule has 3 heterocycles. The van der Waals surface area contributed by atoms with Gasteiger partial charge in [0.1, 0.15) is 5.75 Å². The Bertz CT molecular complexity index is 1220. The second kappa shape index (κ2) is 4.11. The Labute approximate surface area is 135 Å². The Hall–Kier alpha value is -3.41. The first-order valence-corrected chi connectivity index (χ1v) is 7.45. The monoisotopic (exact) mass is 317 g/mol. The summed E-state index contributed by atoms with van der Waals surface area (Å²) in [6.07, 6.45) is 1.65. The third-order valence-electron chi connectivity index (χ3n) is 4.63. The van der Waals surface area contributed by atoms with Crippen LogP contribution in [0.3, 0.4) is 0 Å². The van der Waals surface area contributed by atoms with E-state index in [1.54, 1.807) is 36.5 Å². The lowest BCUT2D eigenvalue weighted by atomic mass is 9.97. The maximum Gasteiger partial charge on any atom is 0.262 e. The van der Waals surface area contributed by atoms with Crippen LogP contribution in [0.1, 0.15) is 20.7 Å². The van der Waals surface area contributed by atoms with E-state index in [1.165, 1.54) is 7.05 Å². The number of benzene rings is 2. The normalized spacial score (nSPS) is 14.3. The van der Waals surface area contributed by atoms with Crippen molar-refractivity contribution in [2.24, 2.45) is 0 Å². The Balaban J connectivity index is 2.16. The number of rotatable bonds is 0. The van der Waals surface area contributed by atoms with E-state index in [9.17, 15) is 14.7 Å². The van der Waals surface area contributed by atoms with Gasteiger partial charge in [-0.3, -0.25) is 19.5 Å². The average Bonchev–Trinajstić information content (AvgIpc) is 3.06. The van der Waals surface area contributed by atoms with E-state index in [1.807, 2.05) is 0 Å². The van der Waals surface area contributed by atoms with Crippen molar-refractivity contribution in [3.8, 4) is 5.75 Å². The summed E-state index contributed by atoms with van der Waals surface area (Å²) >= 11 is 0. The van der Waals surface area contributed by atoms with Gasteiger partial charge in [-0.05, 0) is 24.3 Å². The Morgan fingerprint density at radius 3 is 2.71 bits per heavy atom. The average molecular weight is 317 g/mol. The Morgan fingerprint density at radius 2 is 1.88 bits per heavy atom. The van der Waals surface area contributed by atoms with Gasteiger partial charge in [0.15, 0.2) is 0 Å². The number of aromatic amines is 1. The Morgan fingerprint density at radius 1 is 1.08 bits per heavy atom. The third-order valence-corrected chi connectivity index (χ3v) is 4.63. The molecule has 116 valence electrons. The summed E-state index contributed by atoms with van der Waals surface area (Å²) in [7, 11) is 1.48. The molecular weight excluding hydrogens is 306 g/mol. The van der Waals surface area contributed by atoms with Gasteiger partial charge in [-0.15, -0.1) is 0 Å². The van der Waals surface area contributed by atoms with Crippen LogP contribution in [-0.4, -0.2) is 38.8 Å². The highest BCUT2D eigenvalue weighted by Gasteiger charge is 2.37. The lowest BCUT2D eigenvalue weighted by molar-refractivity contribution is 0.0694. The van der Waals surface area contributed by atoms with Crippen molar-refractivity contribution in [2.75, 3.05) is 7.05 Å². The molecule has 4 aromatic rings. The molecule has 0 atom stereocenters. The Kier molecular flexibility index (Phi) is 2.24. The molecule has 1 aliphatic rings. The van der Waals surface area contributed by atoms with E-state index >= 15 is 0 Å². The first-order valence-electron chi connectivity index (χ1n) is 7.45. The number of fused-ring (bicyclic) bond motifs is 8. The fraction of sp³-hybridized carbons (Fsp3) is 0.0556. The molecular formula is C18H11N3O3. The highest BCUT2D eigenvalue weighted by molar-refractivity contribution is 6.36. The molecule has 5 rings (SSSR count). The van der Waals surface area contributed by atoms with Crippen LogP contribution in [0, 0.1) is 0 Å². The van der Waals surface area contributed by atoms with Crippen molar-refractivity contribution in [3.63, 3.8) is 0 Å². The zero-order valence-corrected chi connectivity index (χ0v) is 12.6. The number of aromatic nitrogens is 2. The summed E-state index contributed by atoms with van der Waals surface area (Å²) in [6.45, 7) is 0. The maximum atomic E-state index is 12.7. The van der Waals surface area contributed by atoms with Crippen LogP contribution in [0.2, 0.25) is 0 Å². The molecule has 0 radical (unpaired) electrons. The van der Waals surface area contributed by atoms with Crippen LogP contribution in [0.5, 0.6) is 5.75 Å². The quantitative estimate of drug-likeness (QED) is 0.488. The number of aromatic hydroxyl groups is 1. The molecule has 2 aromatic carbocycles. The number of carbonyl (C=O) groups is 2. The number of imide groups is 1. The topological polar surface area (TPSA) is 86.3 Å². The molecule has 0 saturated heterocycles. The summed E-state index contributed by atoms with van der Waals surface area (Å²) in [5, 5.41) is 11.8. The highest BCUT2D eigenvalue weighted by Crippen LogP contribution is 2.40. The lowest BCUT2D eigenvalue weighted by Crippen LogP contribution is -2.24. The van der Waals surface area contributed by atoms with Gasteiger partial charge in [-0.2, -0.15) is 0 Å². The molecule has 2 N–H and O–H groups in total. The first kappa shape index (κ1) is 13.1. The van der Waals surface area contributed by atoms with Gasteiger partial charge in [0.2, 0.25) is 0 Å². The summed E-state index contributed by atoms with van der Waals surface area (Å²) in [5.41, 5.74) is 2.86. The van der Waals surface area contributed by atoms with Gasteiger partial charge in [0.25, 0.3) is 11.8 Å². The van der Waals surface area contributed by atoms with E-state index < -0.39 is 0 Å². The van der Waals surface area contributed by atoms with E-state index in [2.05, 4.69) is 9.97 Å². The van der Waals surface area contributed by atoms with Gasteiger partial charge >= 0.3 is 0 Å². The van der Waals surface area contributed by atoms with Gasteiger partial charge in [0, 0.05) is 34.9 Å². The van der Waals surface area contributed by atoms with Crippen molar-refractivity contribution in [1.82, 2.24) is 14.9 Å². The van der Waals surface area contributed by atoms with Crippen LogP contribution in [0.15, 0.2) is 36.5 Å². The fourth-order valence-electron chi connectivity index (χ4n) is 3.55. The molecule has 0 bridgehead atoms. The minimum absolute atomic E-state index is 0.100. The third kappa shape index (κ3) is 1.38. The van der Waals surface area contributed by atoms with Crippen molar-refractivity contribution >= 4 is 44.5 Å². The molecule has 0 unspecified atom stereocenters. The molecule has 24 heavy (non-hydrogen) atoms. The second-order valence-electron chi connectivity index (χ2n) is 5.92. The summed E-state index contributed by atoms with van der Waals surface area (Å²) in [5.74, 6) is -0.567. The summed E-state index contributed by atoms with van der Waals surface area (Å²) in [4.78, 5) is 34.1. The minimum atomic E-state index is -0.338. The first-order chi connectivity index (χ1) is 11.6. The molecule has 6 nitrogen and oxygen atoms in total. The number of pyridine rings is 1. The number of phenols is 1. The number of H-pyrrole nitrogens is 1. The van der Waals surface area contributed by atoms with E-state index in [4.69, 9.17) is 0 Å². The lowest BCUT2D eigenvalue weighted by Gasteiger charge is -2.04. The molecule has 0 spiro atoms. The van der Waals surface area contributed by atoms with Crippen LogP contribution < -0.4 is 0 Å². The van der Waals surface area contributed by atoms with Gasteiger partial charge in [-0.25, -0.2) is 0 Å². The SMILES string of the molecule is CN1C(=O)c2c(c3c4cc(O)ccc4[nH]c3c3ncccc23)C1=O. The predicted molar refractivity (Wildman–Crippen MR) is 89.2 cm³/mol. The smallest absolute Gasteiger partial charge is 0.262 e. The number of carbonyl (C=O) groups excluding carboxylic acids is 2. The molecule has 0 fully saturated rings. The fourth-order valence-corrected chi connectivity index (χ4v) is 3.55. The minimum Gasteiger partial charge on any atom is -0.508 e. The zero-order valence-electron chi connectivity index (χ0n) is 12.6. The van der Waals surface area contributed by atoms with E-state index in [0.29, 0.717) is 38.3 Å². The van der Waals surface area contributed by atoms with E-state index in [-0.39, 0.29) is 17.6 Å². The molecule has 0 aliphatic carbocycles. The standard InChI is InChI=1S/C18H11N3O3/c1-21-17(23)13-9-3-2-6-19-15(9)16-12(14(13)18(21)24)10-7-8(22)4-5-11(10)20-16/h2-7,20,22H,1H3. The maximum absolute atomic E-state index is 12.7. The molecule has 2 amide bonds.